The van der Waals surface area contributed by atoms with E-state index in [1.54, 1.807) is 0 Å². The minimum Gasteiger partial charge on any atom is -0.314 e. The first-order chi connectivity index (χ1) is 7.83. The van der Waals surface area contributed by atoms with Gasteiger partial charge in [-0.1, -0.05) is 12.1 Å². The fraction of sp³-hybridized carbons (Fsp3) is 0.462. The Bertz CT molecular complexity index is 500. The number of hydrogen-bond donors (Lipinski definition) is 1. The first-order valence-corrected chi connectivity index (χ1v) is 6.73. The van der Waals surface area contributed by atoms with Gasteiger partial charge in [0.2, 0.25) is 0 Å². The van der Waals surface area contributed by atoms with Gasteiger partial charge in [0.1, 0.15) is 0 Å². The van der Waals surface area contributed by atoms with Gasteiger partial charge >= 0.3 is 0 Å². The summed E-state index contributed by atoms with van der Waals surface area (Å²) in [7, 11) is 0. The van der Waals surface area contributed by atoms with Crippen LogP contribution in [-0.4, -0.2) is 17.6 Å². The molecule has 0 spiro atoms. The van der Waals surface area contributed by atoms with Crippen LogP contribution in [0.15, 0.2) is 18.2 Å². The van der Waals surface area contributed by atoms with Crippen LogP contribution in [0.1, 0.15) is 23.4 Å². The van der Waals surface area contributed by atoms with Gasteiger partial charge in [0.25, 0.3) is 0 Å². The summed E-state index contributed by atoms with van der Waals surface area (Å²) >= 11 is 1.83. The molecule has 1 fully saturated rings. The highest BCUT2D eigenvalue weighted by atomic mass is 32.1. The monoisotopic (exact) mass is 232 g/mol. The van der Waals surface area contributed by atoms with Crippen LogP contribution < -0.4 is 5.32 Å². The zero-order valence-electron chi connectivity index (χ0n) is 9.49. The van der Waals surface area contributed by atoms with E-state index in [-0.39, 0.29) is 0 Å². The van der Waals surface area contributed by atoms with Crippen LogP contribution in [0.4, 0.5) is 0 Å². The largest absolute Gasteiger partial charge is 0.314 e. The predicted octanol–water partition coefficient (Wildman–Crippen LogP) is 2.90. The highest BCUT2D eigenvalue weighted by Crippen LogP contribution is 2.25. The molecule has 1 N–H and O–H groups in total. The van der Waals surface area contributed by atoms with Crippen LogP contribution in [0.25, 0.3) is 10.2 Å². The van der Waals surface area contributed by atoms with Crippen molar-refractivity contribution < 1.29 is 0 Å². The van der Waals surface area contributed by atoms with Crippen LogP contribution in [0.5, 0.6) is 0 Å². The second kappa shape index (κ2) is 4.15. The molecule has 84 valence electrons. The van der Waals surface area contributed by atoms with Crippen molar-refractivity contribution in [1.29, 1.82) is 0 Å². The molecule has 3 heteroatoms. The number of nitrogens with zero attached hydrogens (tertiary/aromatic N) is 1. The number of hydrogen-bond acceptors (Lipinski definition) is 3. The molecule has 0 radical (unpaired) electrons. The summed E-state index contributed by atoms with van der Waals surface area (Å²) in [6.45, 7) is 3.21. The third-order valence-electron chi connectivity index (χ3n) is 3.01. The quantitative estimate of drug-likeness (QED) is 0.876. The van der Waals surface area contributed by atoms with E-state index in [0.717, 1.165) is 19.0 Å². The Balaban J connectivity index is 1.73. The molecule has 1 heterocycles. The van der Waals surface area contributed by atoms with Gasteiger partial charge in [-0.3, -0.25) is 0 Å². The molecule has 2 aromatic rings. The Morgan fingerprint density at radius 1 is 1.44 bits per heavy atom. The normalized spacial score (nSPS) is 15.8. The van der Waals surface area contributed by atoms with Gasteiger partial charge < -0.3 is 5.32 Å². The van der Waals surface area contributed by atoms with Crippen LogP contribution >= 0.6 is 11.3 Å². The Kier molecular flexibility index (Phi) is 2.65. The number of nitrogens with one attached hydrogen (secondary N) is 1. The Labute approximate surface area is 99.7 Å². The van der Waals surface area contributed by atoms with E-state index in [4.69, 9.17) is 4.98 Å². The minimum absolute atomic E-state index is 0.802. The number of aryl methyl sites for hydroxylation is 1. The molecule has 1 aliphatic rings. The smallest absolute Gasteiger partial charge is 0.0951 e. The van der Waals surface area contributed by atoms with Gasteiger partial charge in [0, 0.05) is 19.0 Å². The number of benzene rings is 1. The first-order valence-electron chi connectivity index (χ1n) is 5.91. The van der Waals surface area contributed by atoms with Crippen molar-refractivity contribution in [2.24, 2.45) is 0 Å². The van der Waals surface area contributed by atoms with E-state index < -0.39 is 0 Å². The average molecular weight is 232 g/mol. The Morgan fingerprint density at radius 3 is 3.06 bits per heavy atom. The second-order valence-corrected chi connectivity index (χ2v) is 5.62. The molecule has 2 nitrogen and oxygen atoms in total. The molecule has 16 heavy (non-hydrogen) atoms. The SMILES string of the molecule is Cc1cccc2sc(CCNC3CC3)nc12. The van der Waals surface area contributed by atoms with E-state index in [0.29, 0.717) is 0 Å². The molecule has 0 amide bonds. The summed E-state index contributed by atoms with van der Waals surface area (Å²) in [4.78, 5) is 4.71. The molecule has 0 aliphatic heterocycles. The van der Waals surface area contributed by atoms with Crippen LogP contribution in [-0.2, 0) is 6.42 Å². The fourth-order valence-corrected chi connectivity index (χ4v) is 2.95. The maximum Gasteiger partial charge on any atom is 0.0951 e. The molecular weight excluding hydrogens is 216 g/mol. The summed E-state index contributed by atoms with van der Waals surface area (Å²) in [5.41, 5.74) is 2.48. The maximum atomic E-state index is 4.71. The topological polar surface area (TPSA) is 24.9 Å². The van der Waals surface area contributed by atoms with Crippen molar-refractivity contribution in [2.75, 3.05) is 6.54 Å². The molecule has 0 saturated heterocycles. The second-order valence-electron chi connectivity index (χ2n) is 4.51. The average Bonchev–Trinajstić information content (AvgIpc) is 2.98. The van der Waals surface area contributed by atoms with Gasteiger partial charge in [-0.05, 0) is 31.4 Å². The number of rotatable bonds is 4. The van der Waals surface area contributed by atoms with E-state index >= 15 is 0 Å². The van der Waals surface area contributed by atoms with Gasteiger partial charge in [-0.2, -0.15) is 0 Å². The fourth-order valence-electron chi connectivity index (χ4n) is 1.91. The molecule has 1 aromatic carbocycles. The summed E-state index contributed by atoms with van der Waals surface area (Å²) < 4.78 is 1.32. The summed E-state index contributed by atoms with van der Waals surface area (Å²) in [6, 6.07) is 7.21. The standard InChI is InChI=1S/C13H16N2S/c1-9-3-2-4-11-13(9)15-12(16-11)7-8-14-10-5-6-10/h2-4,10,14H,5-8H2,1H3. The van der Waals surface area contributed by atoms with Crippen molar-refractivity contribution in [2.45, 2.75) is 32.2 Å². The van der Waals surface area contributed by atoms with Crippen molar-refractivity contribution in [1.82, 2.24) is 10.3 Å². The Hall–Kier alpha value is -0.930. The van der Waals surface area contributed by atoms with E-state index in [1.807, 2.05) is 11.3 Å². The molecule has 0 atom stereocenters. The lowest BCUT2D eigenvalue weighted by atomic mass is 10.2. The van der Waals surface area contributed by atoms with E-state index in [9.17, 15) is 0 Å². The van der Waals surface area contributed by atoms with Gasteiger partial charge in [0.05, 0.1) is 15.2 Å². The van der Waals surface area contributed by atoms with E-state index in [1.165, 1.54) is 33.6 Å². The van der Waals surface area contributed by atoms with Gasteiger partial charge in [-0.15, -0.1) is 11.3 Å². The highest BCUT2D eigenvalue weighted by Gasteiger charge is 2.19. The summed E-state index contributed by atoms with van der Waals surface area (Å²) in [5, 5.41) is 4.79. The van der Waals surface area contributed by atoms with Gasteiger partial charge in [0.15, 0.2) is 0 Å². The molecule has 0 bridgehead atoms. The highest BCUT2D eigenvalue weighted by molar-refractivity contribution is 7.18. The summed E-state index contributed by atoms with van der Waals surface area (Å²) in [6.07, 6.45) is 3.78. The molecule has 0 unspecified atom stereocenters. The predicted molar refractivity (Wildman–Crippen MR) is 69.1 cm³/mol. The zero-order chi connectivity index (χ0) is 11.0. The molecule has 1 saturated carbocycles. The third kappa shape index (κ3) is 2.11. The van der Waals surface area contributed by atoms with Crippen molar-refractivity contribution in [3.8, 4) is 0 Å². The van der Waals surface area contributed by atoms with Crippen LogP contribution in [0.2, 0.25) is 0 Å². The number of aromatic nitrogens is 1. The minimum atomic E-state index is 0.802. The lowest BCUT2D eigenvalue weighted by Crippen LogP contribution is -2.19. The molecule has 1 aliphatic carbocycles. The lowest BCUT2D eigenvalue weighted by Gasteiger charge is -1.98. The van der Waals surface area contributed by atoms with Crippen molar-refractivity contribution in [3.63, 3.8) is 0 Å². The third-order valence-corrected chi connectivity index (χ3v) is 4.09. The van der Waals surface area contributed by atoms with Crippen LogP contribution in [0, 0.1) is 6.92 Å². The maximum absolute atomic E-state index is 4.71. The zero-order valence-corrected chi connectivity index (χ0v) is 10.3. The number of fused-ring (bicyclic) bond motifs is 1. The summed E-state index contributed by atoms with van der Waals surface area (Å²) in [5.74, 6) is 0. The first kappa shape index (κ1) is 10.2. The van der Waals surface area contributed by atoms with Crippen molar-refractivity contribution in [3.05, 3.63) is 28.8 Å². The van der Waals surface area contributed by atoms with Gasteiger partial charge in [-0.25, -0.2) is 4.98 Å². The molecule has 3 rings (SSSR count). The van der Waals surface area contributed by atoms with Crippen LogP contribution in [0.3, 0.4) is 0 Å². The Morgan fingerprint density at radius 2 is 2.31 bits per heavy atom. The number of para-hydroxylation sites is 1. The lowest BCUT2D eigenvalue weighted by molar-refractivity contribution is 0.681. The molecular formula is C13H16N2S. The van der Waals surface area contributed by atoms with Crippen molar-refractivity contribution >= 4 is 21.6 Å². The number of thiazole rings is 1. The van der Waals surface area contributed by atoms with E-state index in [2.05, 4.69) is 30.4 Å². The molecule has 1 aromatic heterocycles.